The summed E-state index contributed by atoms with van der Waals surface area (Å²) in [6, 6.07) is 1.68. The lowest BCUT2D eigenvalue weighted by atomic mass is 10.0. The van der Waals surface area contributed by atoms with Crippen LogP contribution in [0.25, 0.3) is 0 Å². The van der Waals surface area contributed by atoms with Gasteiger partial charge in [0.1, 0.15) is 6.04 Å². The number of alkyl halides is 2. The van der Waals surface area contributed by atoms with Gasteiger partial charge in [0.05, 0.1) is 0 Å². The normalized spacial score (nSPS) is 13.6. The van der Waals surface area contributed by atoms with Crippen molar-refractivity contribution in [2.45, 2.75) is 12.0 Å². The SMILES string of the molecule is N[C@@H](c1ccc(Cl)cc1Cl)C(F)(F)C(=O)O. The van der Waals surface area contributed by atoms with Crippen LogP contribution in [0.15, 0.2) is 18.2 Å². The van der Waals surface area contributed by atoms with E-state index in [0.29, 0.717) is 0 Å². The van der Waals surface area contributed by atoms with E-state index in [1.807, 2.05) is 0 Å². The Labute approximate surface area is 99.8 Å². The molecule has 0 aliphatic carbocycles. The minimum absolute atomic E-state index is 0.0964. The Morgan fingerprint density at radius 1 is 1.44 bits per heavy atom. The summed E-state index contributed by atoms with van der Waals surface area (Å²) in [6.07, 6.45) is 0. The summed E-state index contributed by atoms with van der Waals surface area (Å²) >= 11 is 11.2. The standard InChI is InChI=1S/C9H7Cl2F2NO2/c10-4-1-2-5(6(11)3-4)7(14)9(12,13)8(15)16/h1-3,7H,14H2,(H,15,16)/t7-/m0/s1. The first-order valence-corrected chi connectivity index (χ1v) is 4.84. The van der Waals surface area contributed by atoms with Crippen LogP contribution in [0.1, 0.15) is 11.6 Å². The highest BCUT2D eigenvalue weighted by Gasteiger charge is 2.47. The average molecular weight is 270 g/mol. The first-order chi connectivity index (χ1) is 7.26. The highest BCUT2D eigenvalue weighted by atomic mass is 35.5. The Bertz CT molecular complexity index is 426. The molecular formula is C9H7Cl2F2NO2. The lowest BCUT2D eigenvalue weighted by molar-refractivity contribution is -0.168. The zero-order valence-electron chi connectivity index (χ0n) is 7.75. The molecule has 0 saturated heterocycles. The summed E-state index contributed by atoms with van der Waals surface area (Å²) in [4.78, 5) is 10.3. The molecule has 0 fully saturated rings. The molecule has 0 heterocycles. The highest BCUT2D eigenvalue weighted by Crippen LogP contribution is 2.34. The van der Waals surface area contributed by atoms with E-state index in [9.17, 15) is 13.6 Å². The van der Waals surface area contributed by atoms with Gasteiger partial charge >= 0.3 is 11.9 Å². The molecule has 0 amide bonds. The Kier molecular flexibility index (Phi) is 3.72. The molecule has 1 aromatic rings. The van der Waals surface area contributed by atoms with Gasteiger partial charge in [-0.2, -0.15) is 8.78 Å². The van der Waals surface area contributed by atoms with E-state index in [2.05, 4.69) is 0 Å². The van der Waals surface area contributed by atoms with Crippen LogP contribution in [-0.4, -0.2) is 17.0 Å². The number of carbonyl (C=O) groups is 1. The topological polar surface area (TPSA) is 63.3 Å². The highest BCUT2D eigenvalue weighted by molar-refractivity contribution is 6.35. The van der Waals surface area contributed by atoms with Gasteiger partial charge in [-0.05, 0) is 17.7 Å². The molecule has 0 bridgehead atoms. The fraction of sp³-hybridized carbons (Fsp3) is 0.222. The van der Waals surface area contributed by atoms with E-state index >= 15 is 0 Å². The minimum atomic E-state index is -4.09. The van der Waals surface area contributed by atoms with Gasteiger partial charge in [0.25, 0.3) is 0 Å². The number of benzene rings is 1. The molecule has 1 rings (SSSR count). The van der Waals surface area contributed by atoms with Gasteiger partial charge in [-0.15, -0.1) is 0 Å². The van der Waals surface area contributed by atoms with Crippen LogP contribution in [0.3, 0.4) is 0 Å². The van der Waals surface area contributed by atoms with Crippen molar-refractivity contribution in [2.24, 2.45) is 5.73 Å². The summed E-state index contributed by atoms with van der Waals surface area (Å²) < 4.78 is 26.2. The molecule has 0 saturated carbocycles. The van der Waals surface area contributed by atoms with Gasteiger partial charge in [0, 0.05) is 10.0 Å². The van der Waals surface area contributed by atoms with Gasteiger partial charge in [0.2, 0.25) is 0 Å². The summed E-state index contributed by atoms with van der Waals surface area (Å²) in [5, 5.41) is 8.47. The second-order valence-electron chi connectivity index (χ2n) is 3.07. The molecule has 3 N–H and O–H groups in total. The van der Waals surface area contributed by atoms with Crippen LogP contribution >= 0.6 is 23.2 Å². The maximum Gasteiger partial charge on any atom is 0.376 e. The number of carboxylic acid groups (broad SMARTS) is 1. The van der Waals surface area contributed by atoms with Crippen molar-refractivity contribution in [3.63, 3.8) is 0 Å². The summed E-state index contributed by atoms with van der Waals surface area (Å²) in [7, 11) is 0. The molecule has 1 aromatic carbocycles. The van der Waals surface area contributed by atoms with Crippen LogP contribution in [0.5, 0.6) is 0 Å². The lowest BCUT2D eigenvalue weighted by Gasteiger charge is -2.20. The van der Waals surface area contributed by atoms with Crippen molar-refractivity contribution in [1.29, 1.82) is 0 Å². The van der Waals surface area contributed by atoms with Crippen molar-refractivity contribution in [1.82, 2.24) is 0 Å². The Morgan fingerprint density at radius 3 is 2.44 bits per heavy atom. The summed E-state index contributed by atoms with van der Waals surface area (Å²) in [5.74, 6) is -6.39. The number of aliphatic carboxylic acids is 1. The van der Waals surface area contributed by atoms with Gasteiger partial charge in [-0.3, -0.25) is 0 Å². The number of hydrogen-bond donors (Lipinski definition) is 2. The molecular weight excluding hydrogens is 263 g/mol. The quantitative estimate of drug-likeness (QED) is 0.887. The van der Waals surface area contributed by atoms with Gasteiger partial charge in [-0.25, -0.2) is 4.79 Å². The van der Waals surface area contributed by atoms with Crippen molar-refractivity contribution in [3.05, 3.63) is 33.8 Å². The maximum absolute atomic E-state index is 13.1. The van der Waals surface area contributed by atoms with E-state index in [0.717, 1.165) is 0 Å². The number of hydrogen-bond acceptors (Lipinski definition) is 2. The summed E-state index contributed by atoms with van der Waals surface area (Å²) in [5.41, 5.74) is 5.00. The Balaban J connectivity index is 3.14. The zero-order chi connectivity index (χ0) is 12.5. The van der Waals surface area contributed by atoms with Gasteiger partial charge < -0.3 is 10.8 Å². The second kappa shape index (κ2) is 4.53. The number of halogens is 4. The first-order valence-electron chi connectivity index (χ1n) is 4.08. The molecule has 7 heteroatoms. The maximum atomic E-state index is 13.1. The van der Waals surface area contributed by atoms with Crippen LogP contribution in [-0.2, 0) is 4.79 Å². The predicted molar refractivity (Wildman–Crippen MR) is 56.0 cm³/mol. The molecule has 16 heavy (non-hydrogen) atoms. The van der Waals surface area contributed by atoms with E-state index in [4.69, 9.17) is 34.0 Å². The lowest BCUT2D eigenvalue weighted by Crippen LogP contribution is -2.40. The molecule has 0 unspecified atom stereocenters. The van der Waals surface area contributed by atoms with E-state index in [-0.39, 0.29) is 15.6 Å². The van der Waals surface area contributed by atoms with Crippen molar-refractivity contribution in [2.75, 3.05) is 0 Å². The van der Waals surface area contributed by atoms with Crippen molar-refractivity contribution < 1.29 is 18.7 Å². The molecule has 1 atom stereocenters. The smallest absolute Gasteiger partial charge is 0.376 e. The number of rotatable bonds is 3. The fourth-order valence-electron chi connectivity index (χ4n) is 1.08. The Morgan fingerprint density at radius 2 is 2.00 bits per heavy atom. The molecule has 0 spiro atoms. The van der Waals surface area contributed by atoms with E-state index < -0.39 is 17.9 Å². The second-order valence-corrected chi connectivity index (χ2v) is 3.92. The monoisotopic (exact) mass is 269 g/mol. The Hall–Kier alpha value is -0.910. The van der Waals surface area contributed by atoms with Gasteiger partial charge in [0.15, 0.2) is 0 Å². The largest absolute Gasteiger partial charge is 0.477 e. The number of nitrogens with two attached hydrogens (primary N) is 1. The third kappa shape index (κ3) is 2.42. The summed E-state index contributed by atoms with van der Waals surface area (Å²) in [6.45, 7) is 0. The van der Waals surface area contributed by atoms with E-state index in [1.54, 1.807) is 0 Å². The molecule has 3 nitrogen and oxygen atoms in total. The molecule has 0 aliphatic heterocycles. The fourth-order valence-corrected chi connectivity index (χ4v) is 1.61. The first kappa shape index (κ1) is 13.2. The van der Waals surface area contributed by atoms with Crippen molar-refractivity contribution >= 4 is 29.2 Å². The third-order valence-corrected chi connectivity index (χ3v) is 2.54. The minimum Gasteiger partial charge on any atom is -0.477 e. The van der Waals surface area contributed by atoms with Crippen molar-refractivity contribution in [3.8, 4) is 0 Å². The zero-order valence-corrected chi connectivity index (χ0v) is 9.27. The average Bonchev–Trinajstić information content (AvgIpc) is 2.16. The molecule has 0 aromatic heterocycles. The number of carboxylic acids is 1. The molecule has 0 aliphatic rings. The van der Waals surface area contributed by atoms with Gasteiger partial charge in [-0.1, -0.05) is 29.3 Å². The third-order valence-electron chi connectivity index (χ3n) is 1.97. The van der Waals surface area contributed by atoms with Crippen LogP contribution in [0.2, 0.25) is 10.0 Å². The van der Waals surface area contributed by atoms with E-state index in [1.165, 1.54) is 18.2 Å². The molecule has 0 radical (unpaired) electrons. The van der Waals surface area contributed by atoms with Crippen LogP contribution < -0.4 is 5.73 Å². The van der Waals surface area contributed by atoms with Crippen LogP contribution in [0.4, 0.5) is 8.78 Å². The predicted octanol–water partition coefficient (Wildman–Crippen LogP) is 2.71. The van der Waals surface area contributed by atoms with Crippen LogP contribution in [0, 0.1) is 0 Å². The molecule has 88 valence electrons.